The van der Waals surface area contributed by atoms with Crippen molar-refractivity contribution in [1.82, 2.24) is 10.2 Å². The van der Waals surface area contributed by atoms with Crippen LogP contribution in [0.15, 0.2) is 0 Å². The van der Waals surface area contributed by atoms with Crippen molar-refractivity contribution in [2.75, 3.05) is 26.2 Å². The number of hydrogen-bond acceptors (Lipinski definition) is 3. The van der Waals surface area contributed by atoms with Gasteiger partial charge >= 0.3 is 0 Å². The van der Waals surface area contributed by atoms with E-state index in [9.17, 15) is 4.79 Å². The molecular weight excluding hydrogens is 228 g/mol. The molecule has 2 N–H and O–H groups in total. The second kappa shape index (κ2) is 6.53. The molecule has 1 saturated carbocycles. The van der Waals surface area contributed by atoms with Crippen LogP contribution in [0.2, 0.25) is 0 Å². The Bertz CT molecular complexity index is 277. The Morgan fingerprint density at radius 3 is 2.72 bits per heavy atom. The van der Waals surface area contributed by atoms with Crippen LogP contribution in [-0.2, 0) is 4.79 Å². The third kappa shape index (κ3) is 3.23. The summed E-state index contributed by atoms with van der Waals surface area (Å²) in [5.41, 5.74) is 0. The molecule has 3 atom stereocenters. The molecule has 1 aliphatic heterocycles. The lowest BCUT2D eigenvalue weighted by molar-refractivity contribution is -0.137. The zero-order chi connectivity index (χ0) is 13.0. The fourth-order valence-corrected chi connectivity index (χ4v) is 3.34. The number of nitrogens with zero attached hydrogens (tertiary/aromatic N) is 1. The molecule has 1 amide bonds. The van der Waals surface area contributed by atoms with E-state index >= 15 is 0 Å². The lowest BCUT2D eigenvalue weighted by Gasteiger charge is -2.29. The van der Waals surface area contributed by atoms with Gasteiger partial charge in [-0.1, -0.05) is 13.3 Å². The minimum atomic E-state index is 0.0690. The standard InChI is InChI=1S/C14H26N2O2/c1-11-4-2-6-13(11)14(18)16(8-9-17)10-12-5-3-7-15-12/h11-13,15,17H,2-10H2,1H3. The van der Waals surface area contributed by atoms with Crippen LogP contribution >= 0.6 is 0 Å². The summed E-state index contributed by atoms with van der Waals surface area (Å²) in [6, 6.07) is 0.428. The van der Waals surface area contributed by atoms with Crippen molar-refractivity contribution in [2.24, 2.45) is 11.8 Å². The van der Waals surface area contributed by atoms with Crippen molar-refractivity contribution in [3.63, 3.8) is 0 Å². The maximum Gasteiger partial charge on any atom is 0.226 e. The fraction of sp³-hybridized carbons (Fsp3) is 0.929. The van der Waals surface area contributed by atoms with E-state index in [0.717, 1.165) is 25.9 Å². The predicted octanol–water partition coefficient (Wildman–Crippen LogP) is 0.996. The molecule has 2 rings (SSSR count). The van der Waals surface area contributed by atoms with E-state index in [0.29, 0.717) is 18.5 Å². The molecule has 4 nitrogen and oxygen atoms in total. The first kappa shape index (κ1) is 13.8. The molecule has 3 unspecified atom stereocenters. The molecule has 1 heterocycles. The molecule has 4 heteroatoms. The normalized spacial score (nSPS) is 31.8. The minimum absolute atomic E-state index is 0.0690. The first-order valence-electron chi connectivity index (χ1n) is 7.35. The first-order chi connectivity index (χ1) is 8.72. The SMILES string of the molecule is CC1CCCC1C(=O)N(CCO)CC1CCCN1. The van der Waals surface area contributed by atoms with Gasteiger partial charge in [0.05, 0.1) is 6.61 Å². The van der Waals surface area contributed by atoms with Gasteiger partial charge in [-0.25, -0.2) is 0 Å². The molecule has 1 aliphatic carbocycles. The van der Waals surface area contributed by atoms with Crippen LogP contribution in [0.5, 0.6) is 0 Å². The van der Waals surface area contributed by atoms with Gasteiger partial charge in [-0.15, -0.1) is 0 Å². The Hall–Kier alpha value is -0.610. The van der Waals surface area contributed by atoms with E-state index in [2.05, 4.69) is 12.2 Å². The monoisotopic (exact) mass is 254 g/mol. The molecular formula is C14H26N2O2. The Morgan fingerprint density at radius 2 is 2.17 bits per heavy atom. The van der Waals surface area contributed by atoms with Crippen molar-refractivity contribution in [1.29, 1.82) is 0 Å². The summed E-state index contributed by atoms with van der Waals surface area (Å²) in [6.07, 6.45) is 5.72. The zero-order valence-electron chi connectivity index (χ0n) is 11.4. The highest BCUT2D eigenvalue weighted by Gasteiger charge is 2.33. The average molecular weight is 254 g/mol. The third-order valence-electron chi connectivity index (χ3n) is 4.46. The summed E-state index contributed by atoms with van der Waals surface area (Å²) in [6.45, 7) is 4.56. The number of rotatable bonds is 5. The van der Waals surface area contributed by atoms with Crippen LogP contribution in [0.4, 0.5) is 0 Å². The van der Waals surface area contributed by atoms with Crippen LogP contribution in [0.25, 0.3) is 0 Å². The lowest BCUT2D eigenvalue weighted by Crippen LogP contribution is -2.45. The number of carbonyl (C=O) groups is 1. The smallest absolute Gasteiger partial charge is 0.226 e. The van der Waals surface area contributed by atoms with Gasteiger partial charge in [0.15, 0.2) is 0 Å². The van der Waals surface area contributed by atoms with Crippen molar-refractivity contribution in [3.8, 4) is 0 Å². The molecule has 0 aromatic heterocycles. The molecule has 0 radical (unpaired) electrons. The van der Waals surface area contributed by atoms with Gasteiger partial charge < -0.3 is 15.3 Å². The molecule has 1 saturated heterocycles. The Morgan fingerprint density at radius 1 is 1.33 bits per heavy atom. The van der Waals surface area contributed by atoms with Crippen molar-refractivity contribution < 1.29 is 9.90 Å². The van der Waals surface area contributed by atoms with Gasteiger partial charge in [0.1, 0.15) is 0 Å². The topological polar surface area (TPSA) is 52.6 Å². The van der Waals surface area contributed by atoms with Gasteiger partial charge in [0, 0.05) is 25.0 Å². The lowest BCUT2D eigenvalue weighted by atomic mass is 9.96. The van der Waals surface area contributed by atoms with Crippen LogP contribution in [0, 0.1) is 11.8 Å². The van der Waals surface area contributed by atoms with Crippen molar-refractivity contribution in [2.45, 2.75) is 45.1 Å². The van der Waals surface area contributed by atoms with E-state index in [4.69, 9.17) is 5.11 Å². The molecule has 2 fully saturated rings. The van der Waals surface area contributed by atoms with Crippen LogP contribution in [-0.4, -0.2) is 48.2 Å². The summed E-state index contributed by atoms with van der Waals surface area (Å²) in [7, 11) is 0. The maximum atomic E-state index is 12.5. The van der Waals surface area contributed by atoms with E-state index in [-0.39, 0.29) is 18.4 Å². The first-order valence-corrected chi connectivity index (χ1v) is 7.35. The Labute approximate surface area is 110 Å². The summed E-state index contributed by atoms with van der Waals surface area (Å²) < 4.78 is 0. The summed E-state index contributed by atoms with van der Waals surface area (Å²) in [5, 5.41) is 12.6. The fourth-order valence-electron chi connectivity index (χ4n) is 3.34. The number of hydrogen-bond donors (Lipinski definition) is 2. The zero-order valence-corrected chi connectivity index (χ0v) is 11.4. The molecule has 0 spiro atoms. The Kier molecular flexibility index (Phi) is 5.01. The average Bonchev–Trinajstić information content (AvgIpc) is 2.99. The summed E-state index contributed by atoms with van der Waals surface area (Å²) >= 11 is 0. The van der Waals surface area contributed by atoms with E-state index in [1.165, 1.54) is 19.3 Å². The van der Waals surface area contributed by atoms with Gasteiger partial charge in [-0.2, -0.15) is 0 Å². The molecule has 0 aromatic carbocycles. The quantitative estimate of drug-likeness (QED) is 0.769. The van der Waals surface area contributed by atoms with Crippen LogP contribution in [0.3, 0.4) is 0 Å². The molecule has 0 aromatic rings. The van der Waals surface area contributed by atoms with E-state index < -0.39 is 0 Å². The largest absolute Gasteiger partial charge is 0.395 e. The van der Waals surface area contributed by atoms with Gasteiger partial charge in [-0.05, 0) is 38.1 Å². The van der Waals surface area contributed by atoms with Gasteiger partial charge in [-0.3, -0.25) is 4.79 Å². The van der Waals surface area contributed by atoms with Gasteiger partial charge in [0.25, 0.3) is 0 Å². The number of nitrogens with one attached hydrogen (secondary N) is 1. The van der Waals surface area contributed by atoms with Crippen molar-refractivity contribution >= 4 is 5.91 Å². The molecule has 0 bridgehead atoms. The minimum Gasteiger partial charge on any atom is -0.395 e. The van der Waals surface area contributed by atoms with Crippen molar-refractivity contribution in [3.05, 3.63) is 0 Å². The molecule has 104 valence electrons. The third-order valence-corrected chi connectivity index (χ3v) is 4.46. The highest BCUT2D eigenvalue weighted by atomic mass is 16.3. The second-order valence-corrected chi connectivity index (χ2v) is 5.82. The highest BCUT2D eigenvalue weighted by Crippen LogP contribution is 2.32. The van der Waals surface area contributed by atoms with Crippen LogP contribution in [0.1, 0.15) is 39.0 Å². The van der Waals surface area contributed by atoms with Crippen LogP contribution < -0.4 is 5.32 Å². The number of carbonyl (C=O) groups excluding carboxylic acids is 1. The highest BCUT2D eigenvalue weighted by molar-refractivity contribution is 5.79. The number of amides is 1. The number of aliphatic hydroxyl groups is 1. The maximum absolute atomic E-state index is 12.5. The molecule has 18 heavy (non-hydrogen) atoms. The second-order valence-electron chi connectivity index (χ2n) is 5.82. The Balaban J connectivity index is 1.92. The molecule has 2 aliphatic rings. The van der Waals surface area contributed by atoms with E-state index in [1.807, 2.05) is 4.90 Å². The number of aliphatic hydroxyl groups excluding tert-OH is 1. The van der Waals surface area contributed by atoms with Gasteiger partial charge in [0.2, 0.25) is 5.91 Å². The summed E-state index contributed by atoms with van der Waals surface area (Å²) in [4.78, 5) is 14.4. The summed E-state index contributed by atoms with van der Waals surface area (Å²) in [5.74, 6) is 0.968. The predicted molar refractivity (Wildman–Crippen MR) is 71.2 cm³/mol. The van der Waals surface area contributed by atoms with E-state index in [1.54, 1.807) is 0 Å².